The first-order valence-corrected chi connectivity index (χ1v) is 39.7. The molecule has 21 aromatic rings. The van der Waals surface area contributed by atoms with E-state index >= 15 is 0 Å². The summed E-state index contributed by atoms with van der Waals surface area (Å²) in [5.74, 6) is 1.74. The molecular formula is C111H75BO3. The summed E-state index contributed by atoms with van der Waals surface area (Å²) in [6, 6.07) is 166. The number of fused-ring (bicyclic) bond motifs is 12. The van der Waals surface area contributed by atoms with Crippen molar-refractivity contribution in [3.05, 3.63) is 522 Å². The van der Waals surface area contributed by atoms with Crippen LogP contribution in [0.1, 0.15) is 66.8 Å². The molecule has 0 aliphatic rings. The van der Waals surface area contributed by atoms with E-state index in [4.69, 9.17) is 14.0 Å². The SMILES string of the molecule is c1ccc(C(c2ccccc2)(c2ccccc2)c2ccc3ccc4cc5ccccc5cc4c3c2OB(Oc2c(C(c3ccccc3)(c3ccccc3)c3ccccc3)ccc3ccc4cc5ccccc5cc4c23)Oc2c(C(c3ccccc3)(c3ccccc3)c3ccccc3)ccc3ccc4cc5ccccc5cc4c23)cc1. The highest BCUT2D eigenvalue weighted by Gasteiger charge is 2.49. The molecule has 0 amide bonds. The fraction of sp³-hybridized carbons (Fsp3) is 0.0270. The Morgan fingerprint density at radius 3 is 0.513 bits per heavy atom. The summed E-state index contributed by atoms with van der Waals surface area (Å²) in [4.78, 5) is 0. The van der Waals surface area contributed by atoms with Crippen LogP contribution in [0.2, 0.25) is 0 Å². The normalized spacial score (nSPS) is 12.0. The summed E-state index contributed by atoms with van der Waals surface area (Å²) in [7, 11) is -1.68. The molecule has 0 spiro atoms. The van der Waals surface area contributed by atoms with Crippen molar-refractivity contribution >= 4 is 104 Å². The van der Waals surface area contributed by atoms with Gasteiger partial charge in [0.25, 0.3) is 0 Å². The average molecular weight is 1470 g/mol. The molecule has 0 fully saturated rings. The Kier molecular flexibility index (Phi) is 17.0. The van der Waals surface area contributed by atoms with Crippen LogP contribution in [0.5, 0.6) is 17.2 Å². The Morgan fingerprint density at radius 2 is 0.313 bits per heavy atom. The van der Waals surface area contributed by atoms with Crippen molar-refractivity contribution in [3.63, 3.8) is 0 Å². The van der Waals surface area contributed by atoms with Crippen LogP contribution in [0.4, 0.5) is 0 Å². The summed E-state index contributed by atoms with van der Waals surface area (Å²) < 4.78 is 26.8. The van der Waals surface area contributed by atoms with Gasteiger partial charge in [0.15, 0.2) is 0 Å². The average Bonchev–Trinajstić information content (AvgIpc) is 0.719. The van der Waals surface area contributed by atoms with Crippen molar-refractivity contribution in [3.8, 4) is 17.2 Å². The van der Waals surface area contributed by atoms with E-state index in [1.54, 1.807) is 0 Å². The molecule has 0 saturated carbocycles. The third kappa shape index (κ3) is 11.3. The van der Waals surface area contributed by atoms with Crippen LogP contribution in [0.3, 0.4) is 0 Å². The van der Waals surface area contributed by atoms with Crippen molar-refractivity contribution < 1.29 is 14.0 Å². The van der Waals surface area contributed by atoms with E-state index in [9.17, 15) is 0 Å². The fourth-order valence-electron chi connectivity index (χ4n) is 19.1. The van der Waals surface area contributed by atoms with Crippen LogP contribution in [-0.4, -0.2) is 7.32 Å². The van der Waals surface area contributed by atoms with Crippen LogP contribution in [0.25, 0.3) is 97.0 Å². The van der Waals surface area contributed by atoms with E-state index in [2.05, 4.69) is 455 Å². The lowest BCUT2D eigenvalue weighted by molar-refractivity contribution is 0.305. The first-order valence-electron chi connectivity index (χ1n) is 39.7. The molecule has 0 heterocycles. The molecule has 4 heteroatoms. The van der Waals surface area contributed by atoms with Crippen molar-refractivity contribution in [1.29, 1.82) is 0 Å². The van der Waals surface area contributed by atoms with Crippen LogP contribution >= 0.6 is 0 Å². The number of hydrogen-bond donors (Lipinski definition) is 0. The maximum atomic E-state index is 8.95. The molecule has 0 aromatic heterocycles. The highest BCUT2D eigenvalue weighted by Crippen LogP contribution is 2.57. The molecule has 0 unspecified atom stereocenters. The lowest BCUT2D eigenvalue weighted by atomic mass is 9.64. The Bertz CT molecular complexity index is 6230. The van der Waals surface area contributed by atoms with Crippen molar-refractivity contribution in [2.75, 3.05) is 0 Å². The molecule has 0 aliphatic heterocycles. The number of rotatable bonds is 18. The van der Waals surface area contributed by atoms with E-state index in [0.717, 1.165) is 164 Å². The zero-order valence-corrected chi connectivity index (χ0v) is 63.1. The smallest absolute Gasteiger partial charge is 0.489 e. The first kappa shape index (κ1) is 68.5. The largest absolute Gasteiger partial charge is 0.864 e. The minimum absolute atomic E-state index is 0.580. The lowest BCUT2D eigenvalue weighted by Gasteiger charge is -2.40. The maximum Gasteiger partial charge on any atom is 0.864 e. The number of hydrogen-bond acceptors (Lipinski definition) is 3. The Labute approximate surface area is 669 Å². The van der Waals surface area contributed by atoms with E-state index in [-0.39, 0.29) is 0 Å². The van der Waals surface area contributed by atoms with Crippen LogP contribution in [0, 0.1) is 0 Å². The standard InChI is InChI=1S/C111H75BO3/c1-10-40-88(41-11-1)109(89-42-12-2-13-43-89,90-44-14-3-15-45-90)100-67-64-76-58-61-85-70-79-34-28-31-37-82(79)73-97(85)103(76)106(100)113-112(114-107-101(68-65-77-59-62-86-71-80-35-29-32-38-83(80)74-98(86)104(77)107)110(91-46-16-4-17-47-91,92-48-18-5-19-49-92)93-50-20-6-21-51-93)115-108-102(69-66-78-60-63-87-72-81-36-30-33-39-84(81)75-99(87)105(78)108)111(94-52-22-7-23-53-94,95-54-24-8-25-55-95)96-56-26-9-27-57-96/h1-75H. The fourth-order valence-corrected chi connectivity index (χ4v) is 19.1. The molecule has 21 aromatic carbocycles. The molecular weight excluding hydrogens is 1390 g/mol. The van der Waals surface area contributed by atoms with E-state index in [1.807, 2.05) is 0 Å². The van der Waals surface area contributed by atoms with Crippen molar-refractivity contribution in [2.45, 2.75) is 16.2 Å². The van der Waals surface area contributed by atoms with Gasteiger partial charge in [-0.05, 0) is 167 Å². The Balaban J connectivity index is 0.971. The molecule has 0 aliphatic carbocycles. The molecule has 21 rings (SSSR count). The van der Waals surface area contributed by atoms with Crippen LogP contribution < -0.4 is 14.0 Å². The molecule has 3 nitrogen and oxygen atoms in total. The second-order valence-electron chi connectivity index (χ2n) is 30.3. The van der Waals surface area contributed by atoms with Gasteiger partial charge in [-0.3, -0.25) is 0 Å². The monoisotopic (exact) mass is 1470 g/mol. The highest BCUT2D eigenvalue weighted by molar-refractivity contribution is 6.41. The molecule has 115 heavy (non-hydrogen) atoms. The summed E-state index contributed by atoms with van der Waals surface area (Å²) in [6.07, 6.45) is 0. The van der Waals surface area contributed by atoms with Gasteiger partial charge in [0.05, 0.1) is 16.2 Å². The van der Waals surface area contributed by atoms with Gasteiger partial charge >= 0.3 is 7.32 Å². The van der Waals surface area contributed by atoms with Crippen molar-refractivity contribution in [1.82, 2.24) is 0 Å². The molecule has 540 valence electrons. The summed E-state index contributed by atoms with van der Waals surface area (Å²) in [6.45, 7) is 0. The van der Waals surface area contributed by atoms with Crippen LogP contribution in [-0.2, 0) is 16.2 Å². The van der Waals surface area contributed by atoms with Gasteiger partial charge in [-0.25, -0.2) is 0 Å². The van der Waals surface area contributed by atoms with Crippen LogP contribution in [0.15, 0.2) is 455 Å². The van der Waals surface area contributed by atoms with Gasteiger partial charge in [-0.1, -0.05) is 419 Å². The summed E-state index contributed by atoms with van der Waals surface area (Å²) in [5.41, 5.74) is 8.81. The van der Waals surface area contributed by atoms with Gasteiger partial charge in [0.1, 0.15) is 17.2 Å². The third-order valence-electron chi connectivity index (χ3n) is 24.2. The van der Waals surface area contributed by atoms with Gasteiger partial charge in [0.2, 0.25) is 0 Å². The van der Waals surface area contributed by atoms with E-state index in [1.165, 1.54) is 0 Å². The lowest BCUT2D eigenvalue weighted by Crippen LogP contribution is -2.41. The molecule has 0 N–H and O–H groups in total. The molecule has 0 atom stereocenters. The predicted octanol–water partition coefficient (Wildman–Crippen LogP) is 27.7. The zero-order valence-electron chi connectivity index (χ0n) is 63.1. The van der Waals surface area contributed by atoms with Gasteiger partial charge in [-0.2, -0.15) is 0 Å². The summed E-state index contributed by atoms with van der Waals surface area (Å²) >= 11 is 0. The van der Waals surface area contributed by atoms with Gasteiger partial charge in [0, 0.05) is 32.8 Å². The zero-order chi connectivity index (χ0) is 76.3. The third-order valence-corrected chi connectivity index (χ3v) is 24.2. The highest BCUT2D eigenvalue weighted by atomic mass is 16.7. The van der Waals surface area contributed by atoms with Gasteiger partial charge in [-0.15, -0.1) is 0 Å². The van der Waals surface area contributed by atoms with Gasteiger partial charge < -0.3 is 14.0 Å². The second kappa shape index (κ2) is 28.6. The predicted molar refractivity (Wildman–Crippen MR) is 479 cm³/mol. The Morgan fingerprint density at radius 1 is 0.148 bits per heavy atom. The van der Waals surface area contributed by atoms with E-state index in [0.29, 0.717) is 17.2 Å². The Hall–Kier alpha value is -14.6. The first-order chi connectivity index (χ1) is 57.0. The minimum Gasteiger partial charge on any atom is -0.489 e. The quantitative estimate of drug-likeness (QED) is 0.0371. The molecule has 0 saturated heterocycles. The van der Waals surface area contributed by atoms with E-state index < -0.39 is 23.6 Å². The minimum atomic E-state index is -1.68. The maximum absolute atomic E-state index is 8.95. The van der Waals surface area contributed by atoms with Crippen molar-refractivity contribution in [2.24, 2.45) is 0 Å². The molecule has 0 bridgehead atoms. The molecule has 0 radical (unpaired) electrons. The topological polar surface area (TPSA) is 27.7 Å². The summed E-state index contributed by atoms with van der Waals surface area (Å²) in [5, 5.41) is 18.5. The second-order valence-corrected chi connectivity index (χ2v) is 30.3. The number of benzene rings is 21.